The fraction of sp³-hybridized carbons (Fsp3) is 0.500. The third-order valence-electron chi connectivity index (χ3n) is 2.80. The van der Waals surface area contributed by atoms with Crippen LogP contribution in [0, 0.1) is 13.8 Å². The fourth-order valence-electron chi connectivity index (χ4n) is 2.04. The molecule has 20 heavy (non-hydrogen) atoms. The van der Waals surface area contributed by atoms with Crippen LogP contribution in [-0.2, 0) is 11.3 Å². The first kappa shape index (κ1) is 15.9. The van der Waals surface area contributed by atoms with Gasteiger partial charge in [-0.05, 0) is 40.2 Å². The van der Waals surface area contributed by atoms with Crippen LogP contribution in [0.1, 0.15) is 42.4 Å². The molecule has 0 radical (unpaired) electrons. The normalized spacial score (nSPS) is 11.2. The first-order valence-corrected chi connectivity index (χ1v) is 6.28. The van der Waals surface area contributed by atoms with Crippen molar-refractivity contribution < 1.29 is 14.7 Å². The first-order valence-electron chi connectivity index (χ1n) is 6.28. The summed E-state index contributed by atoms with van der Waals surface area (Å²) >= 11 is 0. The number of nitrogens with zero attached hydrogens (tertiary/aromatic N) is 1. The van der Waals surface area contributed by atoms with Crippen molar-refractivity contribution in [3.63, 3.8) is 0 Å². The Hall–Kier alpha value is -2.11. The van der Waals surface area contributed by atoms with Gasteiger partial charge < -0.3 is 15.0 Å². The molecule has 0 fully saturated rings. The van der Waals surface area contributed by atoms with Crippen LogP contribution < -0.4 is 10.9 Å². The number of hydrogen-bond donors (Lipinski definition) is 2. The van der Waals surface area contributed by atoms with Crippen molar-refractivity contribution >= 4 is 11.9 Å². The van der Waals surface area contributed by atoms with Crippen molar-refractivity contribution in [1.82, 2.24) is 9.88 Å². The zero-order valence-corrected chi connectivity index (χ0v) is 12.4. The second-order valence-corrected chi connectivity index (χ2v) is 5.82. The number of carbonyl (C=O) groups is 2. The van der Waals surface area contributed by atoms with Gasteiger partial charge in [-0.1, -0.05) is 0 Å². The van der Waals surface area contributed by atoms with Crippen LogP contribution in [-0.4, -0.2) is 27.1 Å². The quantitative estimate of drug-likeness (QED) is 0.867. The molecule has 0 bridgehead atoms. The highest BCUT2D eigenvalue weighted by Gasteiger charge is 2.19. The van der Waals surface area contributed by atoms with E-state index in [4.69, 9.17) is 5.11 Å². The molecule has 110 valence electrons. The van der Waals surface area contributed by atoms with E-state index in [0.29, 0.717) is 5.56 Å². The Balaban J connectivity index is 3.20. The Kier molecular flexibility index (Phi) is 4.37. The molecule has 2 N–H and O–H groups in total. The minimum absolute atomic E-state index is 0.0631. The summed E-state index contributed by atoms with van der Waals surface area (Å²) < 4.78 is 1.18. The number of carboxylic acid groups (broad SMARTS) is 1. The number of hydrogen-bond acceptors (Lipinski definition) is 3. The molecule has 0 spiro atoms. The van der Waals surface area contributed by atoms with Crippen molar-refractivity contribution in [3.8, 4) is 0 Å². The van der Waals surface area contributed by atoms with Crippen molar-refractivity contribution in [2.75, 3.05) is 0 Å². The van der Waals surface area contributed by atoms with E-state index in [-0.39, 0.29) is 29.3 Å². The molecule has 0 saturated heterocycles. The van der Waals surface area contributed by atoms with Gasteiger partial charge in [-0.3, -0.25) is 9.59 Å². The molecule has 0 aliphatic rings. The number of aromatic nitrogens is 1. The number of pyridine rings is 1. The van der Waals surface area contributed by atoms with Gasteiger partial charge in [-0.2, -0.15) is 0 Å². The molecule has 1 rings (SSSR count). The molecule has 6 heteroatoms. The second kappa shape index (κ2) is 5.48. The van der Waals surface area contributed by atoms with E-state index in [1.165, 1.54) is 17.6 Å². The molecule has 0 unspecified atom stereocenters. The lowest BCUT2D eigenvalue weighted by Gasteiger charge is -2.21. The van der Waals surface area contributed by atoms with E-state index >= 15 is 0 Å². The lowest BCUT2D eigenvalue weighted by Crippen LogP contribution is -2.44. The van der Waals surface area contributed by atoms with Gasteiger partial charge >= 0.3 is 5.97 Å². The van der Waals surface area contributed by atoms with Crippen LogP contribution in [0.15, 0.2) is 10.9 Å². The molecule has 0 aromatic carbocycles. The van der Waals surface area contributed by atoms with Crippen LogP contribution in [0.25, 0.3) is 0 Å². The molecule has 1 heterocycles. The Morgan fingerprint density at radius 1 is 1.30 bits per heavy atom. The van der Waals surface area contributed by atoms with E-state index in [0.717, 1.165) is 0 Å². The summed E-state index contributed by atoms with van der Waals surface area (Å²) in [5.41, 5.74) is -0.0455. The summed E-state index contributed by atoms with van der Waals surface area (Å²) in [6.45, 7) is 8.40. The Bertz CT molecular complexity index is 609. The number of rotatable bonds is 3. The molecule has 1 aromatic heterocycles. The molecule has 0 saturated carbocycles. The van der Waals surface area contributed by atoms with Gasteiger partial charge in [0.1, 0.15) is 6.54 Å². The molecule has 0 atom stereocenters. The van der Waals surface area contributed by atoms with E-state index < -0.39 is 11.5 Å². The summed E-state index contributed by atoms with van der Waals surface area (Å²) in [4.78, 5) is 35.0. The first-order chi connectivity index (χ1) is 9.03. The van der Waals surface area contributed by atoms with Gasteiger partial charge in [0.25, 0.3) is 5.56 Å². The van der Waals surface area contributed by atoms with E-state index in [2.05, 4.69) is 5.32 Å². The summed E-state index contributed by atoms with van der Waals surface area (Å²) in [6, 6.07) is 1.24. The van der Waals surface area contributed by atoms with Gasteiger partial charge in [-0.15, -0.1) is 0 Å². The minimum atomic E-state index is -1.11. The molecule has 1 amide bonds. The largest absolute Gasteiger partial charge is 0.478 e. The van der Waals surface area contributed by atoms with Crippen molar-refractivity contribution in [2.24, 2.45) is 0 Å². The van der Waals surface area contributed by atoms with Crippen LogP contribution in [0.5, 0.6) is 0 Å². The van der Waals surface area contributed by atoms with Crippen molar-refractivity contribution in [1.29, 1.82) is 0 Å². The average molecular weight is 280 g/mol. The topological polar surface area (TPSA) is 88.4 Å². The summed E-state index contributed by atoms with van der Waals surface area (Å²) in [6.07, 6.45) is 0. The highest BCUT2D eigenvalue weighted by molar-refractivity contribution is 5.90. The molecule has 1 aromatic rings. The second-order valence-electron chi connectivity index (χ2n) is 5.82. The lowest BCUT2D eigenvalue weighted by atomic mass is 10.1. The van der Waals surface area contributed by atoms with Gasteiger partial charge in [-0.25, -0.2) is 4.79 Å². The average Bonchev–Trinajstić information content (AvgIpc) is 2.20. The van der Waals surface area contributed by atoms with Gasteiger partial charge in [0, 0.05) is 17.3 Å². The highest BCUT2D eigenvalue weighted by atomic mass is 16.4. The maximum absolute atomic E-state index is 11.9. The molecule has 0 aliphatic heterocycles. The van der Waals surface area contributed by atoms with Crippen LogP contribution in [0.3, 0.4) is 0 Å². The Labute approximate surface area is 117 Å². The van der Waals surface area contributed by atoms with Gasteiger partial charge in [0.15, 0.2) is 0 Å². The van der Waals surface area contributed by atoms with E-state index in [1.807, 2.05) is 20.8 Å². The zero-order valence-electron chi connectivity index (χ0n) is 12.4. The standard InChI is InChI=1S/C14H20N2O4/c1-8-6-11(18)16(9(2)12(8)13(19)20)7-10(17)15-14(3,4)5/h6H,7H2,1-5H3,(H,15,17)(H,19,20). The summed E-state index contributed by atoms with van der Waals surface area (Å²) in [5.74, 6) is -1.44. The monoisotopic (exact) mass is 280 g/mol. The van der Waals surface area contributed by atoms with E-state index in [1.54, 1.807) is 6.92 Å². The van der Waals surface area contributed by atoms with Crippen molar-refractivity contribution in [2.45, 2.75) is 46.7 Å². The fourth-order valence-corrected chi connectivity index (χ4v) is 2.04. The SMILES string of the molecule is Cc1cc(=O)n(CC(=O)NC(C)(C)C)c(C)c1C(=O)O. The third-order valence-corrected chi connectivity index (χ3v) is 2.80. The number of nitrogens with one attached hydrogen (secondary N) is 1. The number of carboxylic acids is 1. The van der Waals surface area contributed by atoms with Crippen LogP contribution >= 0.6 is 0 Å². The summed E-state index contributed by atoms with van der Waals surface area (Å²) in [7, 11) is 0. The number of aromatic carboxylic acids is 1. The zero-order chi connectivity index (χ0) is 15.7. The van der Waals surface area contributed by atoms with Crippen LogP contribution in [0.2, 0.25) is 0 Å². The molecule has 0 aliphatic carbocycles. The molecular weight excluding hydrogens is 260 g/mol. The highest BCUT2D eigenvalue weighted by Crippen LogP contribution is 2.11. The van der Waals surface area contributed by atoms with E-state index in [9.17, 15) is 14.4 Å². The summed E-state index contributed by atoms with van der Waals surface area (Å²) in [5, 5.41) is 11.9. The smallest absolute Gasteiger partial charge is 0.337 e. The van der Waals surface area contributed by atoms with Crippen molar-refractivity contribution in [3.05, 3.63) is 33.2 Å². The molecule has 6 nitrogen and oxygen atoms in total. The van der Waals surface area contributed by atoms with Crippen LogP contribution in [0.4, 0.5) is 0 Å². The number of amides is 1. The Morgan fingerprint density at radius 3 is 2.30 bits per heavy atom. The van der Waals surface area contributed by atoms with Gasteiger partial charge in [0.05, 0.1) is 5.56 Å². The maximum atomic E-state index is 11.9. The Morgan fingerprint density at radius 2 is 1.85 bits per heavy atom. The third kappa shape index (κ3) is 3.69. The maximum Gasteiger partial charge on any atom is 0.337 e. The predicted molar refractivity (Wildman–Crippen MR) is 75.0 cm³/mol. The number of carbonyl (C=O) groups excluding carboxylic acids is 1. The predicted octanol–water partition coefficient (Wildman–Crippen LogP) is 1.08. The molecular formula is C14H20N2O4. The van der Waals surface area contributed by atoms with Gasteiger partial charge in [0.2, 0.25) is 5.91 Å². The minimum Gasteiger partial charge on any atom is -0.478 e. The number of aryl methyl sites for hydroxylation is 1. The lowest BCUT2D eigenvalue weighted by molar-refractivity contribution is -0.123.